The van der Waals surface area contributed by atoms with Crippen LogP contribution in [0.4, 0.5) is 24.5 Å². The summed E-state index contributed by atoms with van der Waals surface area (Å²) in [6, 6.07) is 19.6. The van der Waals surface area contributed by atoms with Crippen molar-refractivity contribution in [2.45, 2.75) is 13.0 Å². The van der Waals surface area contributed by atoms with E-state index in [4.69, 9.17) is 0 Å². The van der Waals surface area contributed by atoms with E-state index < -0.39 is 41.4 Å². The van der Waals surface area contributed by atoms with Gasteiger partial charge in [-0.05, 0) is 29.8 Å². The molecule has 7 heteroatoms. The minimum atomic E-state index is -1.69. The number of hydrogen-bond acceptors (Lipinski definition) is 2. The molecule has 0 bridgehead atoms. The van der Waals surface area contributed by atoms with Gasteiger partial charge in [-0.1, -0.05) is 48.5 Å². The van der Waals surface area contributed by atoms with Crippen molar-refractivity contribution in [2.75, 3.05) is 10.2 Å². The Morgan fingerprint density at radius 1 is 0.793 bits per heavy atom. The van der Waals surface area contributed by atoms with E-state index in [1.807, 2.05) is 30.3 Å². The molecule has 0 atom stereocenters. The van der Waals surface area contributed by atoms with Crippen molar-refractivity contribution in [1.29, 1.82) is 0 Å². The van der Waals surface area contributed by atoms with Crippen LogP contribution in [0.1, 0.15) is 12.0 Å². The number of amides is 2. The molecular formula is C22H17F3N2O2. The molecule has 0 heterocycles. The number of carbonyl (C=O) groups is 2. The zero-order valence-electron chi connectivity index (χ0n) is 15.2. The Kier molecular flexibility index (Phi) is 6.29. The van der Waals surface area contributed by atoms with Crippen molar-refractivity contribution < 1.29 is 22.8 Å². The third-order valence-electron chi connectivity index (χ3n) is 4.17. The van der Waals surface area contributed by atoms with Gasteiger partial charge in [0, 0.05) is 5.69 Å². The normalized spacial score (nSPS) is 10.4. The molecule has 0 radical (unpaired) electrons. The number of nitrogens with one attached hydrogen (secondary N) is 1. The molecule has 0 spiro atoms. The minimum Gasteiger partial charge on any atom is -0.323 e. The highest BCUT2D eigenvalue weighted by atomic mass is 19.2. The minimum absolute atomic E-state index is 0.233. The van der Waals surface area contributed by atoms with Gasteiger partial charge in [0.15, 0.2) is 17.5 Å². The summed E-state index contributed by atoms with van der Waals surface area (Å²) < 4.78 is 40.1. The highest BCUT2D eigenvalue weighted by molar-refractivity contribution is 6.09. The smallest absolute Gasteiger partial charge is 0.236 e. The van der Waals surface area contributed by atoms with E-state index in [1.165, 1.54) is 4.90 Å². The van der Waals surface area contributed by atoms with Gasteiger partial charge >= 0.3 is 0 Å². The van der Waals surface area contributed by atoms with E-state index in [2.05, 4.69) is 5.32 Å². The van der Waals surface area contributed by atoms with E-state index in [-0.39, 0.29) is 6.54 Å². The van der Waals surface area contributed by atoms with Crippen LogP contribution >= 0.6 is 0 Å². The molecule has 3 aromatic rings. The lowest BCUT2D eigenvalue weighted by atomic mass is 10.1. The summed E-state index contributed by atoms with van der Waals surface area (Å²) in [5.74, 6) is -5.94. The lowest BCUT2D eigenvalue weighted by molar-refractivity contribution is -0.125. The molecule has 148 valence electrons. The first-order valence-electron chi connectivity index (χ1n) is 8.78. The molecule has 0 fully saturated rings. The molecule has 29 heavy (non-hydrogen) atoms. The number of rotatable bonds is 6. The van der Waals surface area contributed by atoms with Gasteiger partial charge in [-0.2, -0.15) is 0 Å². The van der Waals surface area contributed by atoms with Gasteiger partial charge in [-0.15, -0.1) is 0 Å². The third-order valence-corrected chi connectivity index (χ3v) is 4.17. The predicted molar refractivity (Wildman–Crippen MR) is 104 cm³/mol. The molecular weight excluding hydrogens is 381 g/mol. The van der Waals surface area contributed by atoms with Crippen LogP contribution in [0.5, 0.6) is 0 Å². The fourth-order valence-electron chi connectivity index (χ4n) is 2.75. The number of carbonyl (C=O) groups excluding carboxylic acids is 2. The second-order valence-electron chi connectivity index (χ2n) is 6.25. The van der Waals surface area contributed by atoms with Crippen LogP contribution in [-0.4, -0.2) is 11.8 Å². The van der Waals surface area contributed by atoms with Crippen molar-refractivity contribution in [2.24, 2.45) is 0 Å². The van der Waals surface area contributed by atoms with Gasteiger partial charge in [0.2, 0.25) is 11.8 Å². The molecule has 3 aromatic carbocycles. The summed E-state index contributed by atoms with van der Waals surface area (Å²) in [7, 11) is 0. The maximum atomic E-state index is 13.7. The molecule has 0 unspecified atom stereocenters. The van der Waals surface area contributed by atoms with Crippen molar-refractivity contribution in [1.82, 2.24) is 0 Å². The summed E-state index contributed by atoms with van der Waals surface area (Å²) in [4.78, 5) is 26.4. The zero-order chi connectivity index (χ0) is 20.8. The second kappa shape index (κ2) is 9.05. The van der Waals surface area contributed by atoms with E-state index in [1.54, 1.807) is 30.3 Å². The first-order chi connectivity index (χ1) is 14.0. The Bertz CT molecular complexity index is 1010. The Labute approximate surface area is 165 Å². The number of para-hydroxylation sites is 1. The Balaban J connectivity index is 1.76. The predicted octanol–water partition coefficient (Wildman–Crippen LogP) is 4.67. The Morgan fingerprint density at radius 2 is 1.41 bits per heavy atom. The standard InChI is InChI=1S/C22H17F3N2O2/c23-17-11-12-18(22(25)21(17)24)26-19(28)13-20(29)27(16-9-5-2-6-10-16)14-15-7-3-1-4-8-15/h1-12H,13-14H2,(H,26,28). The van der Waals surface area contributed by atoms with Crippen molar-refractivity contribution in [3.63, 3.8) is 0 Å². The largest absolute Gasteiger partial charge is 0.323 e. The molecule has 0 saturated heterocycles. The first kappa shape index (κ1) is 20.1. The van der Waals surface area contributed by atoms with E-state index in [9.17, 15) is 22.8 Å². The number of halogens is 3. The fourth-order valence-corrected chi connectivity index (χ4v) is 2.75. The van der Waals surface area contributed by atoms with E-state index in [0.717, 1.165) is 11.6 Å². The summed E-state index contributed by atoms with van der Waals surface area (Å²) in [5, 5.41) is 2.11. The second-order valence-corrected chi connectivity index (χ2v) is 6.25. The topological polar surface area (TPSA) is 49.4 Å². The number of anilines is 2. The van der Waals surface area contributed by atoms with Crippen LogP contribution in [0.25, 0.3) is 0 Å². The first-order valence-corrected chi connectivity index (χ1v) is 8.78. The fraction of sp³-hybridized carbons (Fsp3) is 0.0909. The monoisotopic (exact) mass is 398 g/mol. The molecule has 2 amide bonds. The average molecular weight is 398 g/mol. The molecule has 0 aliphatic carbocycles. The van der Waals surface area contributed by atoms with Gasteiger partial charge in [0.25, 0.3) is 0 Å². The van der Waals surface area contributed by atoms with Crippen molar-refractivity contribution >= 4 is 23.2 Å². The number of hydrogen-bond donors (Lipinski definition) is 1. The SMILES string of the molecule is O=C(CC(=O)N(Cc1ccccc1)c1ccccc1)Nc1ccc(F)c(F)c1F. The van der Waals surface area contributed by atoms with Crippen LogP contribution in [0.2, 0.25) is 0 Å². The van der Waals surface area contributed by atoms with Gasteiger partial charge in [-0.3, -0.25) is 9.59 Å². The average Bonchev–Trinajstić information content (AvgIpc) is 2.73. The summed E-state index contributed by atoms with van der Waals surface area (Å²) in [6.45, 7) is 0.233. The third kappa shape index (κ3) is 5.01. The van der Waals surface area contributed by atoms with Gasteiger partial charge in [0.1, 0.15) is 6.42 Å². The molecule has 0 saturated carbocycles. The van der Waals surface area contributed by atoms with Crippen molar-refractivity contribution in [3.05, 3.63) is 95.8 Å². The van der Waals surface area contributed by atoms with Crippen LogP contribution in [0.3, 0.4) is 0 Å². The molecule has 0 aliphatic rings. The number of benzene rings is 3. The maximum Gasteiger partial charge on any atom is 0.236 e. The molecule has 0 aliphatic heterocycles. The van der Waals surface area contributed by atoms with Crippen molar-refractivity contribution in [3.8, 4) is 0 Å². The van der Waals surface area contributed by atoms with Crippen LogP contribution < -0.4 is 10.2 Å². The lowest BCUT2D eigenvalue weighted by Gasteiger charge is -2.23. The Morgan fingerprint density at radius 3 is 2.07 bits per heavy atom. The lowest BCUT2D eigenvalue weighted by Crippen LogP contribution is -2.33. The van der Waals surface area contributed by atoms with Gasteiger partial charge in [0.05, 0.1) is 12.2 Å². The summed E-state index contributed by atoms with van der Waals surface area (Å²) in [5.41, 5.74) is 0.918. The number of nitrogens with zero attached hydrogens (tertiary/aromatic N) is 1. The quantitative estimate of drug-likeness (QED) is 0.485. The van der Waals surface area contributed by atoms with Gasteiger partial charge in [-0.25, -0.2) is 13.2 Å². The molecule has 4 nitrogen and oxygen atoms in total. The Hall–Kier alpha value is -3.61. The van der Waals surface area contributed by atoms with Crippen LogP contribution in [0.15, 0.2) is 72.8 Å². The highest BCUT2D eigenvalue weighted by Gasteiger charge is 2.21. The van der Waals surface area contributed by atoms with E-state index in [0.29, 0.717) is 11.8 Å². The highest BCUT2D eigenvalue weighted by Crippen LogP contribution is 2.21. The maximum absolute atomic E-state index is 13.7. The van der Waals surface area contributed by atoms with Gasteiger partial charge < -0.3 is 10.2 Å². The zero-order valence-corrected chi connectivity index (χ0v) is 15.2. The molecule has 0 aromatic heterocycles. The summed E-state index contributed by atoms with van der Waals surface area (Å²) >= 11 is 0. The summed E-state index contributed by atoms with van der Waals surface area (Å²) in [6.07, 6.45) is -0.597. The van der Waals surface area contributed by atoms with E-state index >= 15 is 0 Å². The van der Waals surface area contributed by atoms with Crippen LogP contribution in [0, 0.1) is 17.5 Å². The molecule has 1 N–H and O–H groups in total. The molecule has 3 rings (SSSR count). The van der Waals surface area contributed by atoms with Crippen LogP contribution in [-0.2, 0) is 16.1 Å².